The number of nitrogens with zero attached hydrogens (tertiary/aromatic N) is 1. The van der Waals surface area contributed by atoms with E-state index in [1.54, 1.807) is 0 Å². The molecule has 1 aliphatic rings. The predicted molar refractivity (Wildman–Crippen MR) is 39.0 cm³/mol. The van der Waals surface area contributed by atoms with Gasteiger partial charge in [0.1, 0.15) is 0 Å². The summed E-state index contributed by atoms with van der Waals surface area (Å²) in [5.74, 6) is 0. The van der Waals surface area contributed by atoms with Crippen molar-refractivity contribution >= 4 is 0 Å². The van der Waals surface area contributed by atoms with Gasteiger partial charge in [0.15, 0.2) is 0 Å². The first-order chi connectivity index (χ1) is 4.22. The van der Waals surface area contributed by atoms with Crippen LogP contribution in [0.5, 0.6) is 0 Å². The minimum Gasteiger partial charge on any atom is -0.312 e. The standard InChI is InChI=1S/C7H14N2/c1-6(2)9-5-3-4-7(9)8/h3-4,6-7H,5,8H2,1-2H3. The zero-order valence-corrected chi connectivity index (χ0v) is 6.04. The number of hydrogen-bond acceptors (Lipinski definition) is 2. The average molecular weight is 126 g/mol. The Hall–Kier alpha value is -0.340. The summed E-state index contributed by atoms with van der Waals surface area (Å²) >= 11 is 0. The second-order valence-corrected chi connectivity index (χ2v) is 2.71. The van der Waals surface area contributed by atoms with Gasteiger partial charge in [0, 0.05) is 12.6 Å². The van der Waals surface area contributed by atoms with Crippen molar-refractivity contribution in [2.24, 2.45) is 5.73 Å². The van der Waals surface area contributed by atoms with E-state index in [1.807, 2.05) is 6.08 Å². The number of rotatable bonds is 1. The molecule has 1 unspecified atom stereocenters. The van der Waals surface area contributed by atoms with Crippen LogP contribution >= 0.6 is 0 Å². The lowest BCUT2D eigenvalue weighted by atomic mass is 10.3. The van der Waals surface area contributed by atoms with E-state index in [9.17, 15) is 0 Å². The fraction of sp³-hybridized carbons (Fsp3) is 0.714. The molecular formula is C7H14N2. The minimum atomic E-state index is 0.157. The number of nitrogens with two attached hydrogens (primary N) is 1. The maximum Gasteiger partial charge on any atom is 0.0769 e. The van der Waals surface area contributed by atoms with Crippen LogP contribution in [0.3, 0.4) is 0 Å². The van der Waals surface area contributed by atoms with Crippen LogP contribution in [-0.2, 0) is 0 Å². The van der Waals surface area contributed by atoms with Gasteiger partial charge in [-0.2, -0.15) is 0 Å². The molecule has 0 aromatic rings. The van der Waals surface area contributed by atoms with Crippen molar-refractivity contribution in [2.75, 3.05) is 6.54 Å². The molecule has 0 aromatic heterocycles. The Balaban J connectivity index is 2.45. The summed E-state index contributed by atoms with van der Waals surface area (Å²) < 4.78 is 0. The van der Waals surface area contributed by atoms with E-state index in [-0.39, 0.29) is 6.17 Å². The van der Waals surface area contributed by atoms with Gasteiger partial charge in [0.05, 0.1) is 6.17 Å². The molecule has 0 amide bonds. The smallest absolute Gasteiger partial charge is 0.0769 e. The Morgan fingerprint density at radius 3 is 2.56 bits per heavy atom. The third-order valence-electron chi connectivity index (χ3n) is 1.70. The highest BCUT2D eigenvalue weighted by Gasteiger charge is 2.17. The Bertz CT molecular complexity index is 118. The van der Waals surface area contributed by atoms with Crippen LogP contribution in [0.1, 0.15) is 13.8 Å². The fourth-order valence-corrected chi connectivity index (χ4v) is 1.11. The van der Waals surface area contributed by atoms with Crippen LogP contribution in [0.15, 0.2) is 12.2 Å². The summed E-state index contributed by atoms with van der Waals surface area (Å²) in [6.07, 6.45) is 4.31. The largest absolute Gasteiger partial charge is 0.312 e. The van der Waals surface area contributed by atoms with Crippen LogP contribution in [-0.4, -0.2) is 23.7 Å². The molecule has 0 bridgehead atoms. The molecule has 9 heavy (non-hydrogen) atoms. The third-order valence-corrected chi connectivity index (χ3v) is 1.70. The topological polar surface area (TPSA) is 29.3 Å². The Morgan fingerprint density at radius 2 is 2.33 bits per heavy atom. The van der Waals surface area contributed by atoms with Crippen molar-refractivity contribution in [1.29, 1.82) is 0 Å². The molecule has 1 heterocycles. The molecule has 1 atom stereocenters. The average Bonchev–Trinajstić information content (AvgIpc) is 2.13. The van der Waals surface area contributed by atoms with Crippen LogP contribution in [0.25, 0.3) is 0 Å². The molecule has 52 valence electrons. The number of hydrogen-bond donors (Lipinski definition) is 1. The SMILES string of the molecule is CC(C)N1CC=CC1N. The van der Waals surface area contributed by atoms with Gasteiger partial charge in [-0.1, -0.05) is 12.2 Å². The summed E-state index contributed by atoms with van der Waals surface area (Å²) in [4.78, 5) is 2.24. The van der Waals surface area contributed by atoms with Gasteiger partial charge in [0.25, 0.3) is 0 Å². The van der Waals surface area contributed by atoms with Gasteiger partial charge in [-0.3, -0.25) is 4.90 Å². The molecule has 0 aromatic carbocycles. The molecule has 2 N–H and O–H groups in total. The van der Waals surface area contributed by atoms with E-state index in [1.165, 1.54) is 0 Å². The summed E-state index contributed by atoms with van der Waals surface area (Å²) in [6, 6.07) is 0.565. The van der Waals surface area contributed by atoms with Gasteiger partial charge >= 0.3 is 0 Å². The van der Waals surface area contributed by atoms with Gasteiger partial charge < -0.3 is 5.73 Å². The maximum atomic E-state index is 5.72. The first-order valence-electron chi connectivity index (χ1n) is 3.40. The van der Waals surface area contributed by atoms with E-state index in [0.29, 0.717) is 6.04 Å². The highest BCUT2D eigenvalue weighted by molar-refractivity contribution is 5.01. The van der Waals surface area contributed by atoms with E-state index in [2.05, 4.69) is 24.8 Å². The molecule has 1 rings (SSSR count). The molecule has 2 nitrogen and oxygen atoms in total. The summed E-state index contributed by atoms with van der Waals surface area (Å²) in [6.45, 7) is 5.33. The Labute approximate surface area is 56.3 Å². The summed E-state index contributed by atoms with van der Waals surface area (Å²) in [5, 5.41) is 0. The van der Waals surface area contributed by atoms with Crippen molar-refractivity contribution in [3.8, 4) is 0 Å². The third kappa shape index (κ3) is 1.32. The second kappa shape index (κ2) is 2.50. The van der Waals surface area contributed by atoms with Gasteiger partial charge in [-0.25, -0.2) is 0 Å². The highest BCUT2D eigenvalue weighted by atomic mass is 15.2. The zero-order valence-electron chi connectivity index (χ0n) is 6.04. The van der Waals surface area contributed by atoms with Crippen LogP contribution in [0, 0.1) is 0 Å². The van der Waals surface area contributed by atoms with E-state index < -0.39 is 0 Å². The maximum absolute atomic E-state index is 5.72. The second-order valence-electron chi connectivity index (χ2n) is 2.71. The minimum absolute atomic E-state index is 0.157. The molecule has 0 spiro atoms. The molecule has 0 aliphatic carbocycles. The highest BCUT2D eigenvalue weighted by Crippen LogP contribution is 2.07. The van der Waals surface area contributed by atoms with E-state index in [0.717, 1.165) is 6.54 Å². The van der Waals surface area contributed by atoms with Crippen molar-refractivity contribution in [2.45, 2.75) is 26.1 Å². The Kier molecular flexibility index (Phi) is 1.88. The molecule has 0 saturated carbocycles. The lowest BCUT2D eigenvalue weighted by Crippen LogP contribution is -2.41. The molecular weight excluding hydrogens is 112 g/mol. The van der Waals surface area contributed by atoms with Crippen molar-refractivity contribution in [1.82, 2.24) is 4.90 Å². The molecule has 0 saturated heterocycles. The predicted octanol–water partition coefficient (Wildman–Crippen LogP) is 0.551. The fourth-order valence-electron chi connectivity index (χ4n) is 1.11. The monoisotopic (exact) mass is 126 g/mol. The van der Waals surface area contributed by atoms with Crippen molar-refractivity contribution < 1.29 is 0 Å². The lowest BCUT2D eigenvalue weighted by Gasteiger charge is -2.24. The van der Waals surface area contributed by atoms with Crippen LogP contribution in [0.2, 0.25) is 0 Å². The molecule has 1 aliphatic heterocycles. The van der Waals surface area contributed by atoms with Crippen molar-refractivity contribution in [3.05, 3.63) is 12.2 Å². The summed E-state index contributed by atoms with van der Waals surface area (Å²) in [5.41, 5.74) is 5.72. The molecule has 0 fully saturated rings. The van der Waals surface area contributed by atoms with E-state index >= 15 is 0 Å². The van der Waals surface area contributed by atoms with Gasteiger partial charge in [0.2, 0.25) is 0 Å². The zero-order chi connectivity index (χ0) is 6.85. The normalized spacial score (nSPS) is 28.2. The van der Waals surface area contributed by atoms with Gasteiger partial charge in [-0.15, -0.1) is 0 Å². The first-order valence-corrected chi connectivity index (χ1v) is 3.40. The van der Waals surface area contributed by atoms with Crippen LogP contribution in [0.4, 0.5) is 0 Å². The van der Waals surface area contributed by atoms with E-state index in [4.69, 9.17) is 5.73 Å². The van der Waals surface area contributed by atoms with Crippen LogP contribution < -0.4 is 5.73 Å². The Morgan fingerprint density at radius 1 is 1.67 bits per heavy atom. The molecule has 0 radical (unpaired) electrons. The van der Waals surface area contributed by atoms with Crippen molar-refractivity contribution in [3.63, 3.8) is 0 Å². The lowest BCUT2D eigenvalue weighted by molar-refractivity contribution is 0.223. The summed E-state index contributed by atoms with van der Waals surface area (Å²) in [7, 11) is 0. The first kappa shape index (κ1) is 6.78. The van der Waals surface area contributed by atoms with Gasteiger partial charge in [-0.05, 0) is 13.8 Å². The quantitative estimate of drug-likeness (QED) is 0.520. The molecule has 2 heteroatoms.